The summed E-state index contributed by atoms with van der Waals surface area (Å²) in [6, 6.07) is 11.9. The summed E-state index contributed by atoms with van der Waals surface area (Å²) in [5.74, 6) is 0.136. The van der Waals surface area contributed by atoms with Crippen molar-refractivity contribution in [2.24, 2.45) is 5.92 Å². The number of nitrogens with zero attached hydrogens (tertiary/aromatic N) is 2. The fourth-order valence-corrected chi connectivity index (χ4v) is 5.77. The largest absolute Gasteiger partial charge is 0.389 e. The Labute approximate surface area is 197 Å². The summed E-state index contributed by atoms with van der Waals surface area (Å²) in [4.78, 5) is 2.20. The number of aryl methyl sites for hydroxylation is 2. The minimum atomic E-state index is -3.80. The van der Waals surface area contributed by atoms with Gasteiger partial charge in [-0.2, -0.15) is 0 Å². The second-order valence-electron chi connectivity index (χ2n) is 9.21. The molecule has 182 valence electrons. The van der Waals surface area contributed by atoms with Crippen molar-refractivity contribution in [1.29, 1.82) is 0 Å². The SMILES string of the molecule is Cc1ccc(N(CC(C)C)S(=O)(=O)c2ccc(C(O)C(O)CN3CCOCC3)cc2)c(C)c1. The highest BCUT2D eigenvalue weighted by Crippen LogP contribution is 2.29. The molecule has 0 aromatic heterocycles. The number of hydrogen-bond donors (Lipinski definition) is 2. The van der Waals surface area contributed by atoms with Gasteiger partial charge in [-0.1, -0.05) is 43.7 Å². The van der Waals surface area contributed by atoms with E-state index >= 15 is 0 Å². The maximum Gasteiger partial charge on any atom is 0.264 e. The molecule has 7 nitrogen and oxygen atoms in total. The van der Waals surface area contributed by atoms with E-state index in [0.717, 1.165) is 11.1 Å². The van der Waals surface area contributed by atoms with Crippen LogP contribution >= 0.6 is 0 Å². The van der Waals surface area contributed by atoms with Crippen LogP contribution in [-0.4, -0.2) is 69.0 Å². The quantitative estimate of drug-likeness (QED) is 0.578. The molecular weight excluding hydrogens is 440 g/mol. The molecule has 3 rings (SSSR count). The standard InChI is InChI=1S/C25H36N2O5S/c1-18(2)16-27(23-10-5-19(3)15-20(23)4)33(30,31)22-8-6-21(7-9-22)25(29)24(28)17-26-11-13-32-14-12-26/h5-10,15,18,24-25,28-29H,11-14,16-17H2,1-4H3. The molecule has 8 heteroatoms. The number of benzene rings is 2. The summed E-state index contributed by atoms with van der Waals surface area (Å²) < 4.78 is 33.9. The van der Waals surface area contributed by atoms with Crippen LogP contribution in [0.4, 0.5) is 5.69 Å². The third-order valence-electron chi connectivity index (χ3n) is 5.88. The molecule has 0 aliphatic carbocycles. The molecule has 2 N–H and O–H groups in total. The van der Waals surface area contributed by atoms with Crippen LogP contribution in [0.25, 0.3) is 0 Å². The molecule has 0 saturated carbocycles. The highest BCUT2D eigenvalue weighted by molar-refractivity contribution is 7.92. The number of hydrogen-bond acceptors (Lipinski definition) is 6. The first-order chi connectivity index (χ1) is 15.6. The van der Waals surface area contributed by atoms with Gasteiger partial charge in [0, 0.05) is 26.2 Å². The molecule has 2 unspecified atom stereocenters. The second kappa shape index (κ2) is 11.0. The number of aliphatic hydroxyl groups excluding tert-OH is 2. The Morgan fingerprint density at radius 1 is 1.03 bits per heavy atom. The van der Waals surface area contributed by atoms with Gasteiger partial charge in [0.2, 0.25) is 0 Å². The van der Waals surface area contributed by atoms with Gasteiger partial charge in [-0.15, -0.1) is 0 Å². The Balaban J connectivity index is 1.81. The minimum Gasteiger partial charge on any atom is -0.389 e. The monoisotopic (exact) mass is 476 g/mol. The summed E-state index contributed by atoms with van der Waals surface area (Å²) in [7, 11) is -3.80. The van der Waals surface area contributed by atoms with Crippen molar-refractivity contribution in [3.05, 3.63) is 59.2 Å². The third kappa shape index (κ3) is 6.33. The molecule has 2 aromatic carbocycles. The van der Waals surface area contributed by atoms with Crippen LogP contribution < -0.4 is 4.31 Å². The Bertz CT molecular complexity index is 1020. The zero-order chi connectivity index (χ0) is 24.2. The zero-order valence-electron chi connectivity index (χ0n) is 19.9. The van der Waals surface area contributed by atoms with E-state index in [2.05, 4.69) is 0 Å². The number of sulfonamides is 1. The lowest BCUT2D eigenvalue weighted by molar-refractivity contribution is -0.0293. The lowest BCUT2D eigenvalue weighted by Crippen LogP contribution is -2.42. The molecule has 0 spiro atoms. The van der Waals surface area contributed by atoms with Crippen molar-refractivity contribution in [1.82, 2.24) is 4.90 Å². The minimum absolute atomic E-state index is 0.136. The van der Waals surface area contributed by atoms with Crippen molar-refractivity contribution in [3.8, 4) is 0 Å². The second-order valence-corrected chi connectivity index (χ2v) is 11.1. The predicted octanol–water partition coefficient (Wildman–Crippen LogP) is 2.88. The van der Waals surface area contributed by atoms with Crippen LogP contribution in [0.2, 0.25) is 0 Å². The molecule has 1 saturated heterocycles. The average molecular weight is 477 g/mol. The van der Waals surface area contributed by atoms with Crippen molar-refractivity contribution in [3.63, 3.8) is 0 Å². The first-order valence-electron chi connectivity index (χ1n) is 11.5. The molecule has 1 fully saturated rings. The number of β-amino-alcohol motifs (C(OH)–C–C–N with tert-alkyl or cyclic N) is 1. The molecule has 0 amide bonds. The van der Waals surface area contributed by atoms with Gasteiger partial charge in [0.25, 0.3) is 10.0 Å². The van der Waals surface area contributed by atoms with Crippen LogP contribution in [0.5, 0.6) is 0 Å². The van der Waals surface area contributed by atoms with E-state index in [9.17, 15) is 18.6 Å². The number of anilines is 1. The van der Waals surface area contributed by atoms with Crippen molar-refractivity contribution in [2.45, 2.75) is 44.8 Å². The van der Waals surface area contributed by atoms with E-state index in [4.69, 9.17) is 4.74 Å². The van der Waals surface area contributed by atoms with E-state index < -0.39 is 22.2 Å². The topological polar surface area (TPSA) is 90.3 Å². The maximum absolute atomic E-state index is 13.6. The van der Waals surface area contributed by atoms with Gasteiger partial charge in [-0.3, -0.25) is 9.21 Å². The van der Waals surface area contributed by atoms with Gasteiger partial charge in [-0.25, -0.2) is 8.42 Å². The zero-order valence-corrected chi connectivity index (χ0v) is 20.8. The van der Waals surface area contributed by atoms with Crippen LogP contribution in [-0.2, 0) is 14.8 Å². The molecule has 1 heterocycles. The Hall–Kier alpha value is -1.97. The molecule has 0 bridgehead atoms. The first-order valence-corrected chi connectivity index (χ1v) is 12.9. The Kier molecular flexibility index (Phi) is 8.53. The molecular formula is C25H36N2O5S. The normalized spacial score (nSPS) is 17.2. The van der Waals surface area contributed by atoms with Gasteiger partial charge in [0.1, 0.15) is 6.10 Å². The van der Waals surface area contributed by atoms with E-state index in [1.54, 1.807) is 12.1 Å². The van der Waals surface area contributed by atoms with Crippen molar-refractivity contribution < 1.29 is 23.4 Å². The lowest BCUT2D eigenvalue weighted by atomic mass is 10.0. The summed E-state index contributed by atoms with van der Waals surface area (Å²) in [6.45, 7) is 11.2. The third-order valence-corrected chi connectivity index (χ3v) is 7.67. The van der Waals surface area contributed by atoms with Gasteiger partial charge >= 0.3 is 0 Å². The van der Waals surface area contributed by atoms with Crippen LogP contribution in [0.3, 0.4) is 0 Å². The fraction of sp³-hybridized carbons (Fsp3) is 0.520. The first kappa shape index (κ1) is 25.6. The smallest absolute Gasteiger partial charge is 0.264 e. The molecule has 33 heavy (non-hydrogen) atoms. The van der Waals surface area contributed by atoms with Gasteiger partial charge in [0.15, 0.2) is 0 Å². The molecule has 2 atom stereocenters. The van der Waals surface area contributed by atoms with Gasteiger partial charge in [-0.05, 0) is 49.1 Å². The molecule has 2 aromatic rings. The fourth-order valence-electron chi connectivity index (χ4n) is 4.08. The van der Waals surface area contributed by atoms with Gasteiger partial charge in [0.05, 0.1) is 29.9 Å². The predicted molar refractivity (Wildman–Crippen MR) is 130 cm³/mol. The van der Waals surface area contributed by atoms with E-state index in [0.29, 0.717) is 50.6 Å². The molecule has 1 aliphatic heterocycles. The number of ether oxygens (including phenoxy) is 1. The van der Waals surface area contributed by atoms with Crippen LogP contribution in [0, 0.1) is 19.8 Å². The number of morpholine rings is 1. The summed E-state index contributed by atoms with van der Waals surface area (Å²) in [5, 5.41) is 21.1. The number of rotatable bonds is 9. The molecule has 1 aliphatic rings. The highest BCUT2D eigenvalue weighted by atomic mass is 32.2. The van der Waals surface area contributed by atoms with Gasteiger partial charge < -0.3 is 14.9 Å². The van der Waals surface area contributed by atoms with E-state index in [-0.39, 0.29) is 10.8 Å². The lowest BCUT2D eigenvalue weighted by Gasteiger charge is -2.30. The van der Waals surface area contributed by atoms with Crippen molar-refractivity contribution in [2.75, 3.05) is 43.7 Å². The molecule has 0 radical (unpaired) electrons. The van der Waals surface area contributed by atoms with E-state index in [1.165, 1.54) is 16.4 Å². The van der Waals surface area contributed by atoms with E-state index in [1.807, 2.05) is 50.8 Å². The maximum atomic E-state index is 13.6. The summed E-state index contributed by atoms with van der Waals surface area (Å²) in [6.07, 6.45) is -2.08. The summed E-state index contributed by atoms with van der Waals surface area (Å²) in [5.41, 5.74) is 3.13. The average Bonchev–Trinajstić information content (AvgIpc) is 2.78. The summed E-state index contributed by atoms with van der Waals surface area (Å²) >= 11 is 0. The van der Waals surface area contributed by atoms with Crippen molar-refractivity contribution >= 4 is 15.7 Å². The Morgan fingerprint density at radius 3 is 2.24 bits per heavy atom. The van der Waals surface area contributed by atoms with Crippen LogP contribution in [0.1, 0.15) is 36.6 Å². The highest BCUT2D eigenvalue weighted by Gasteiger charge is 2.28. The Morgan fingerprint density at radius 2 is 1.67 bits per heavy atom. The van der Waals surface area contributed by atoms with Crippen LogP contribution in [0.15, 0.2) is 47.4 Å². The number of aliphatic hydroxyl groups is 2.